The Morgan fingerprint density at radius 1 is 1.11 bits per heavy atom. The van der Waals surface area contributed by atoms with Crippen molar-refractivity contribution in [2.24, 2.45) is 5.92 Å². The van der Waals surface area contributed by atoms with Crippen LogP contribution in [-0.4, -0.2) is 17.3 Å². The van der Waals surface area contributed by atoms with Crippen molar-refractivity contribution in [1.29, 1.82) is 0 Å². The highest BCUT2D eigenvalue weighted by molar-refractivity contribution is 7.99. The Bertz CT molecular complexity index is 356. The average Bonchev–Trinajstić information content (AvgIpc) is 2.36. The predicted molar refractivity (Wildman–Crippen MR) is 85.9 cm³/mol. The van der Waals surface area contributed by atoms with Gasteiger partial charge in [-0.25, -0.2) is 0 Å². The lowest BCUT2D eigenvalue weighted by atomic mass is 10.0. The SMILES string of the molecule is CC(C)Cc1ccc(CCCSC(C)CC=O)cc1. The van der Waals surface area contributed by atoms with Gasteiger partial charge in [-0.1, -0.05) is 45.0 Å². The maximum atomic E-state index is 10.4. The highest BCUT2D eigenvalue weighted by atomic mass is 32.2. The Balaban J connectivity index is 2.24. The fourth-order valence-corrected chi connectivity index (χ4v) is 3.01. The van der Waals surface area contributed by atoms with Crippen molar-refractivity contribution in [1.82, 2.24) is 0 Å². The molecular formula is C17H26OS. The van der Waals surface area contributed by atoms with E-state index < -0.39 is 0 Å². The topological polar surface area (TPSA) is 17.1 Å². The zero-order chi connectivity index (χ0) is 14.1. The third-order valence-electron chi connectivity index (χ3n) is 3.11. The summed E-state index contributed by atoms with van der Waals surface area (Å²) in [7, 11) is 0. The first-order valence-electron chi connectivity index (χ1n) is 7.25. The maximum Gasteiger partial charge on any atom is 0.121 e. The minimum absolute atomic E-state index is 0.464. The first-order valence-corrected chi connectivity index (χ1v) is 8.29. The highest BCUT2D eigenvalue weighted by Gasteiger charge is 2.02. The van der Waals surface area contributed by atoms with Gasteiger partial charge in [-0.3, -0.25) is 0 Å². The maximum absolute atomic E-state index is 10.4. The molecule has 2 heteroatoms. The molecular weight excluding hydrogens is 252 g/mol. The minimum Gasteiger partial charge on any atom is -0.303 e. The molecule has 19 heavy (non-hydrogen) atoms. The van der Waals surface area contributed by atoms with Crippen LogP contribution in [0.5, 0.6) is 0 Å². The van der Waals surface area contributed by atoms with Gasteiger partial charge in [0.15, 0.2) is 0 Å². The van der Waals surface area contributed by atoms with Crippen molar-refractivity contribution >= 4 is 18.0 Å². The van der Waals surface area contributed by atoms with E-state index in [1.54, 1.807) is 0 Å². The van der Waals surface area contributed by atoms with E-state index in [9.17, 15) is 4.79 Å². The third kappa shape index (κ3) is 7.41. The lowest BCUT2D eigenvalue weighted by Gasteiger charge is -2.08. The molecule has 1 unspecified atom stereocenters. The molecule has 0 spiro atoms. The van der Waals surface area contributed by atoms with Gasteiger partial charge < -0.3 is 4.79 Å². The predicted octanol–water partition coefficient (Wildman–Crippen LogP) is 4.53. The van der Waals surface area contributed by atoms with E-state index in [0.29, 0.717) is 11.7 Å². The summed E-state index contributed by atoms with van der Waals surface area (Å²) >= 11 is 1.90. The molecule has 0 amide bonds. The standard InChI is InChI=1S/C17H26OS/c1-14(2)13-17-8-6-16(7-9-17)5-4-12-19-15(3)10-11-18/h6-9,11,14-15H,4-5,10,12-13H2,1-3H3. The van der Waals surface area contributed by atoms with Crippen LogP contribution >= 0.6 is 11.8 Å². The largest absolute Gasteiger partial charge is 0.303 e. The van der Waals surface area contributed by atoms with E-state index in [1.807, 2.05) is 11.8 Å². The Labute approximate surface area is 122 Å². The summed E-state index contributed by atoms with van der Waals surface area (Å²) in [4.78, 5) is 10.4. The molecule has 1 rings (SSSR count). The lowest BCUT2D eigenvalue weighted by molar-refractivity contribution is -0.107. The zero-order valence-electron chi connectivity index (χ0n) is 12.4. The van der Waals surface area contributed by atoms with Crippen LogP contribution in [0, 0.1) is 5.92 Å². The number of hydrogen-bond acceptors (Lipinski definition) is 2. The van der Waals surface area contributed by atoms with Crippen molar-refractivity contribution in [2.45, 2.75) is 51.7 Å². The molecule has 1 atom stereocenters. The minimum atomic E-state index is 0.464. The molecule has 1 nitrogen and oxygen atoms in total. The quantitative estimate of drug-likeness (QED) is 0.488. The van der Waals surface area contributed by atoms with E-state index in [2.05, 4.69) is 45.0 Å². The summed E-state index contributed by atoms with van der Waals surface area (Å²) in [5.74, 6) is 1.87. The monoisotopic (exact) mass is 278 g/mol. The molecule has 0 N–H and O–H groups in total. The Kier molecular flexibility index (Phi) is 7.88. The second kappa shape index (κ2) is 9.19. The smallest absolute Gasteiger partial charge is 0.121 e. The van der Waals surface area contributed by atoms with Crippen LogP contribution in [0.3, 0.4) is 0 Å². The second-order valence-electron chi connectivity index (χ2n) is 5.60. The van der Waals surface area contributed by atoms with Crippen LogP contribution in [-0.2, 0) is 17.6 Å². The number of thioether (sulfide) groups is 1. The summed E-state index contributed by atoms with van der Waals surface area (Å²) in [6, 6.07) is 9.05. The number of carbonyl (C=O) groups is 1. The van der Waals surface area contributed by atoms with Crippen molar-refractivity contribution < 1.29 is 4.79 Å². The third-order valence-corrected chi connectivity index (χ3v) is 4.39. The molecule has 1 aromatic rings. The van der Waals surface area contributed by atoms with Crippen molar-refractivity contribution in [3.8, 4) is 0 Å². The second-order valence-corrected chi connectivity index (χ2v) is 7.15. The molecule has 0 aromatic heterocycles. The van der Waals surface area contributed by atoms with Crippen molar-refractivity contribution in [3.05, 3.63) is 35.4 Å². The summed E-state index contributed by atoms with van der Waals surface area (Å²) in [6.07, 6.45) is 5.19. The fraction of sp³-hybridized carbons (Fsp3) is 0.588. The van der Waals surface area contributed by atoms with Crippen LogP contribution in [0.1, 0.15) is 44.7 Å². The van der Waals surface area contributed by atoms with E-state index >= 15 is 0 Å². The Morgan fingerprint density at radius 3 is 2.32 bits per heavy atom. The van der Waals surface area contributed by atoms with Crippen LogP contribution < -0.4 is 0 Å². The molecule has 0 heterocycles. The van der Waals surface area contributed by atoms with E-state index in [4.69, 9.17) is 0 Å². The van der Waals surface area contributed by atoms with Gasteiger partial charge in [0.1, 0.15) is 6.29 Å². The van der Waals surface area contributed by atoms with Gasteiger partial charge in [0.05, 0.1) is 0 Å². The van der Waals surface area contributed by atoms with Gasteiger partial charge in [0, 0.05) is 11.7 Å². The zero-order valence-corrected chi connectivity index (χ0v) is 13.2. The summed E-state index contributed by atoms with van der Waals surface area (Å²) in [5, 5.41) is 0.464. The summed E-state index contributed by atoms with van der Waals surface area (Å²) in [5.41, 5.74) is 2.86. The van der Waals surface area contributed by atoms with Crippen molar-refractivity contribution in [3.63, 3.8) is 0 Å². The number of benzene rings is 1. The molecule has 106 valence electrons. The Hall–Kier alpha value is -0.760. The molecule has 0 bridgehead atoms. The van der Waals surface area contributed by atoms with E-state index in [-0.39, 0.29) is 0 Å². The highest BCUT2D eigenvalue weighted by Crippen LogP contribution is 2.16. The summed E-state index contributed by atoms with van der Waals surface area (Å²) in [6.45, 7) is 6.64. The number of aryl methyl sites for hydroxylation is 1. The van der Waals surface area contributed by atoms with Gasteiger partial charge in [-0.2, -0.15) is 11.8 Å². The number of aldehydes is 1. The normalized spacial score (nSPS) is 12.6. The van der Waals surface area contributed by atoms with Gasteiger partial charge in [-0.15, -0.1) is 0 Å². The molecule has 0 aliphatic heterocycles. The number of rotatable bonds is 9. The van der Waals surface area contributed by atoms with Crippen LogP contribution in [0.25, 0.3) is 0 Å². The number of carbonyl (C=O) groups excluding carboxylic acids is 1. The molecule has 0 radical (unpaired) electrons. The Morgan fingerprint density at radius 2 is 1.74 bits per heavy atom. The lowest BCUT2D eigenvalue weighted by Crippen LogP contribution is -1.99. The van der Waals surface area contributed by atoms with Crippen LogP contribution in [0.4, 0.5) is 0 Å². The van der Waals surface area contributed by atoms with Gasteiger partial charge in [0.2, 0.25) is 0 Å². The van der Waals surface area contributed by atoms with E-state index in [1.165, 1.54) is 24.0 Å². The molecule has 0 saturated heterocycles. The first-order chi connectivity index (χ1) is 9.11. The van der Waals surface area contributed by atoms with Crippen LogP contribution in [0.15, 0.2) is 24.3 Å². The average molecular weight is 278 g/mol. The molecule has 0 saturated carbocycles. The van der Waals surface area contributed by atoms with Gasteiger partial charge in [0.25, 0.3) is 0 Å². The molecule has 1 aromatic carbocycles. The van der Waals surface area contributed by atoms with Gasteiger partial charge in [-0.05, 0) is 42.1 Å². The van der Waals surface area contributed by atoms with Gasteiger partial charge >= 0.3 is 0 Å². The first kappa shape index (κ1) is 16.3. The van der Waals surface area contributed by atoms with Crippen LogP contribution in [0.2, 0.25) is 0 Å². The number of hydrogen-bond donors (Lipinski definition) is 0. The molecule has 0 aliphatic carbocycles. The molecule has 0 fully saturated rings. The fourth-order valence-electron chi connectivity index (χ4n) is 2.08. The van der Waals surface area contributed by atoms with Crippen molar-refractivity contribution in [2.75, 3.05) is 5.75 Å². The summed E-state index contributed by atoms with van der Waals surface area (Å²) < 4.78 is 0. The van der Waals surface area contributed by atoms with E-state index in [0.717, 1.165) is 24.4 Å². The molecule has 0 aliphatic rings.